The molecule has 11 atom stereocenters. The maximum absolute atomic E-state index is 13.7. The number of nitrogens with one attached hydrogen (secondary N) is 8. The SMILES string of the molecule is CC[C@H](C)[C@H](N)C(=O)N[C@@H](CCC(N)=O)C(=O)N[C@H](C(=O)N[C@@H](CC(=O)O)C(=O)NCC(=O)N[C@@H](CCCCN)C(=O)N[C@H](C(=O)N[C@H](C(=O)N[C@@H](CCCCN)C(=O)O)[C@@H](C)CC)[C@@H](C)O)C(C)C. The maximum Gasteiger partial charge on any atom is 0.326 e. The molecular weight excluding hydrogens is 921 g/mol. The lowest BCUT2D eigenvalue weighted by Gasteiger charge is -2.29. The van der Waals surface area contributed by atoms with Crippen molar-refractivity contribution in [3.05, 3.63) is 0 Å². The second-order valence-electron chi connectivity index (χ2n) is 17.8. The first-order valence-electron chi connectivity index (χ1n) is 23.7. The Balaban J connectivity index is 6.19. The van der Waals surface area contributed by atoms with Crippen molar-refractivity contribution in [1.29, 1.82) is 0 Å². The fraction of sp³-hybridized carbons (Fsp3) is 0.750. The number of unbranched alkanes of at least 4 members (excludes halogenated alkanes) is 2. The monoisotopic (exact) mass is 1000 g/mol. The summed E-state index contributed by atoms with van der Waals surface area (Å²) in [5.41, 5.74) is 22.4. The molecule has 0 bridgehead atoms. The van der Waals surface area contributed by atoms with E-state index in [2.05, 4.69) is 42.5 Å². The molecule has 0 saturated heterocycles. The summed E-state index contributed by atoms with van der Waals surface area (Å²) in [5.74, 6) is -12.6. The molecular formula is C44H80N12O14. The number of aliphatic hydroxyl groups excluding tert-OH is 1. The minimum Gasteiger partial charge on any atom is -0.481 e. The van der Waals surface area contributed by atoms with Crippen LogP contribution in [0.25, 0.3) is 0 Å². The van der Waals surface area contributed by atoms with Crippen LogP contribution in [0.1, 0.15) is 119 Å². The van der Waals surface area contributed by atoms with Crippen LogP contribution in [-0.4, -0.2) is 154 Å². The normalized spacial score (nSPS) is 15.9. The largest absolute Gasteiger partial charge is 0.481 e. The number of primary amides is 1. The minimum absolute atomic E-state index is 0.0484. The maximum atomic E-state index is 13.7. The number of aliphatic hydroxyl groups is 1. The Hall–Kier alpha value is -5.99. The third kappa shape index (κ3) is 24.0. The van der Waals surface area contributed by atoms with E-state index < -0.39 is 144 Å². The second-order valence-corrected chi connectivity index (χ2v) is 17.8. The van der Waals surface area contributed by atoms with E-state index in [-0.39, 0.29) is 44.6 Å². The van der Waals surface area contributed by atoms with Crippen LogP contribution in [0, 0.1) is 17.8 Å². The smallest absolute Gasteiger partial charge is 0.326 e. The lowest BCUT2D eigenvalue weighted by molar-refractivity contribution is -0.143. The summed E-state index contributed by atoms with van der Waals surface area (Å²) in [5, 5.41) is 49.1. The van der Waals surface area contributed by atoms with Gasteiger partial charge in [0.15, 0.2) is 0 Å². The highest BCUT2D eigenvalue weighted by Gasteiger charge is 2.37. The molecule has 26 heteroatoms. The van der Waals surface area contributed by atoms with Gasteiger partial charge in [0.25, 0.3) is 0 Å². The molecule has 0 aliphatic heterocycles. The number of hydrogen-bond donors (Lipinski definition) is 15. The van der Waals surface area contributed by atoms with Gasteiger partial charge in [-0.15, -0.1) is 0 Å². The van der Waals surface area contributed by atoms with Crippen molar-refractivity contribution in [3.8, 4) is 0 Å². The van der Waals surface area contributed by atoms with Crippen molar-refractivity contribution in [1.82, 2.24) is 42.5 Å². The molecule has 0 radical (unpaired) electrons. The number of aliphatic carboxylic acids is 2. The van der Waals surface area contributed by atoms with Gasteiger partial charge < -0.3 is 80.8 Å². The number of carboxylic acid groups (broad SMARTS) is 2. The van der Waals surface area contributed by atoms with Crippen LogP contribution in [0.3, 0.4) is 0 Å². The number of hydrogen-bond acceptors (Lipinski definition) is 15. The van der Waals surface area contributed by atoms with E-state index in [4.69, 9.17) is 22.9 Å². The Bertz CT molecular complexity index is 1770. The standard InChI is InChI=1S/C44H80N12O14/c1-8-23(5)33(48)40(65)51-27(16-17-30(47)58)39(64)54-34(22(3)4)41(66)53-29(20-32(60)61)37(62)49-21-31(59)50-26(14-10-12-18-45)38(63)56-36(25(7)57)43(68)55-35(24(6)9-2)42(67)52-28(44(69)70)15-11-13-19-46/h22-29,33-36,57H,8-21,45-46,48H2,1-7H3,(H2,47,58)(H,49,62)(H,50,59)(H,51,65)(H,52,67)(H,53,66)(H,54,64)(H,55,68)(H,56,63)(H,60,61)(H,69,70)/t23-,24-,25+,26-,27-,28-,29-,33-,34-,35-,36-/m0/s1. The molecule has 0 aliphatic carbocycles. The summed E-state index contributed by atoms with van der Waals surface area (Å²) in [4.78, 5) is 142. The van der Waals surface area contributed by atoms with E-state index >= 15 is 0 Å². The number of nitrogens with two attached hydrogens (primary N) is 4. The van der Waals surface area contributed by atoms with E-state index in [0.29, 0.717) is 38.6 Å². The molecule has 9 amide bonds. The minimum atomic E-state index is -1.81. The van der Waals surface area contributed by atoms with E-state index in [1.54, 1.807) is 20.8 Å². The third-order valence-corrected chi connectivity index (χ3v) is 11.6. The fourth-order valence-corrected chi connectivity index (χ4v) is 6.68. The van der Waals surface area contributed by atoms with Crippen LogP contribution in [0.15, 0.2) is 0 Å². The highest BCUT2D eigenvalue weighted by molar-refractivity contribution is 5.98. The Kier molecular flexibility index (Phi) is 30.7. The molecule has 19 N–H and O–H groups in total. The Morgan fingerprint density at radius 2 is 0.971 bits per heavy atom. The number of carbonyl (C=O) groups excluding carboxylic acids is 9. The molecule has 0 heterocycles. The molecule has 0 aliphatic rings. The Morgan fingerprint density at radius 3 is 1.44 bits per heavy atom. The number of carbonyl (C=O) groups is 11. The first kappa shape index (κ1) is 64.0. The quantitative estimate of drug-likeness (QED) is 0.0266. The van der Waals surface area contributed by atoms with Crippen molar-refractivity contribution in [2.45, 2.75) is 174 Å². The fourth-order valence-electron chi connectivity index (χ4n) is 6.68. The van der Waals surface area contributed by atoms with Crippen LogP contribution in [-0.2, 0) is 52.7 Å². The van der Waals surface area contributed by atoms with Crippen molar-refractivity contribution in [2.75, 3.05) is 19.6 Å². The second kappa shape index (κ2) is 33.5. The van der Waals surface area contributed by atoms with Gasteiger partial charge in [0.2, 0.25) is 53.2 Å². The van der Waals surface area contributed by atoms with Gasteiger partial charge in [-0.2, -0.15) is 0 Å². The molecule has 26 nitrogen and oxygen atoms in total. The molecule has 0 spiro atoms. The molecule has 0 rings (SSSR count). The lowest BCUT2D eigenvalue weighted by Crippen LogP contribution is -2.61. The van der Waals surface area contributed by atoms with Gasteiger partial charge in [0, 0.05) is 6.42 Å². The van der Waals surface area contributed by atoms with Crippen molar-refractivity contribution < 1.29 is 68.1 Å². The highest BCUT2D eigenvalue weighted by Crippen LogP contribution is 2.13. The van der Waals surface area contributed by atoms with Crippen molar-refractivity contribution in [3.63, 3.8) is 0 Å². The summed E-state index contributed by atoms with van der Waals surface area (Å²) in [6.07, 6.45) is -0.571. The average molecular weight is 1000 g/mol. The molecule has 0 saturated carbocycles. The van der Waals surface area contributed by atoms with Crippen LogP contribution < -0.4 is 65.5 Å². The molecule has 0 fully saturated rings. The van der Waals surface area contributed by atoms with Crippen LogP contribution in [0.4, 0.5) is 0 Å². The van der Waals surface area contributed by atoms with Gasteiger partial charge in [0.05, 0.1) is 25.1 Å². The van der Waals surface area contributed by atoms with Crippen LogP contribution in [0.5, 0.6) is 0 Å². The van der Waals surface area contributed by atoms with Crippen LogP contribution >= 0.6 is 0 Å². The Labute approximate surface area is 408 Å². The number of rotatable bonds is 36. The average Bonchev–Trinajstić information content (AvgIpc) is 3.29. The van der Waals surface area contributed by atoms with E-state index in [0.717, 1.165) is 0 Å². The molecule has 0 unspecified atom stereocenters. The molecule has 70 heavy (non-hydrogen) atoms. The van der Waals surface area contributed by atoms with Gasteiger partial charge in [0.1, 0.15) is 42.3 Å². The summed E-state index contributed by atoms with van der Waals surface area (Å²) in [6, 6.07) is -11.2. The van der Waals surface area contributed by atoms with E-state index in [1.807, 2.05) is 6.92 Å². The summed E-state index contributed by atoms with van der Waals surface area (Å²) in [7, 11) is 0. The molecule has 0 aromatic rings. The topological polar surface area (TPSA) is 449 Å². The van der Waals surface area contributed by atoms with E-state index in [9.17, 15) is 68.1 Å². The number of amides is 9. The zero-order chi connectivity index (χ0) is 53.8. The zero-order valence-corrected chi connectivity index (χ0v) is 41.5. The van der Waals surface area contributed by atoms with Gasteiger partial charge >= 0.3 is 11.9 Å². The predicted octanol–water partition coefficient (Wildman–Crippen LogP) is -3.96. The van der Waals surface area contributed by atoms with Gasteiger partial charge in [-0.1, -0.05) is 54.4 Å². The summed E-state index contributed by atoms with van der Waals surface area (Å²) < 4.78 is 0. The van der Waals surface area contributed by atoms with Gasteiger partial charge in [-0.25, -0.2) is 4.79 Å². The van der Waals surface area contributed by atoms with Gasteiger partial charge in [-0.3, -0.25) is 47.9 Å². The zero-order valence-electron chi connectivity index (χ0n) is 41.5. The first-order valence-corrected chi connectivity index (χ1v) is 23.7. The molecule has 0 aromatic carbocycles. The van der Waals surface area contributed by atoms with Crippen LogP contribution in [0.2, 0.25) is 0 Å². The lowest BCUT2D eigenvalue weighted by atomic mass is 9.96. The van der Waals surface area contributed by atoms with E-state index in [1.165, 1.54) is 20.8 Å². The Morgan fingerprint density at radius 1 is 0.514 bits per heavy atom. The first-order chi connectivity index (χ1) is 32.8. The third-order valence-electron chi connectivity index (χ3n) is 11.6. The number of carboxylic acids is 2. The summed E-state index contributed by atoms with van der Waals surface area (Å²) >= 11 is 0. The molecule has 400 valence electrons. The highest BCUT2D eigenvalue weighted by atomic mass is 16.4. The summed E-state index contributed by atoms with van der Waals surface area (Å²) in [6.45, 7) is 10.8. The predicted molar refractivity (Wildman–Crippen MR) is 254 cm³/mol. The van der Waals surface area contributed by atoms with Crippen molar-refractivity contribution >= 4 is 65.1 Å². The van der Waals surface area contributed by atoms with Crippen molar-refractivity contribution in [2.24, 2.45) is 40.7 Å². The molecule has 0 aromatic heterocycles. The van der Waals surface area contributed by atoms with Gasteiger partial charge in [-0.05, 0) is 82.7 Å².